The van der Waals surface area contributed by atoms with Gasteiger partial charge in [0.15, 0.2) is 0 Å². The van der Waals surface area contributed by atoms with Crippen molar-refractivity contribution >= 4 is 34.3 Å². The third kappa shape index (κ3) is 4.57. The van der Waals surface area contributed by atoms with E-state index in [-0.39, 0.29) is 11.9 Å². The van der Waals surface area contributed by atoms with Crippen molar-refractivity contribution in [2.45, 2.75) is 32.4 Å². The minimum atomic E-state index is -0.476. The maximum Gasteiger partial charge on any atom is 0.238 e. The highest BCUT2D eigenvalue weighted by molar-refractivity contribution is 7.99. The fraction of sp³-hybridized carbons (Fsp3) is 0.476. The summed E-state index contributed by atoms with van der Waals surface area (Å²) in [7, 11) is 0. The predicted molar refractivity (Wildman–Crippen MR) is 115 cm³/mol. The Labute approximate surface area is 170 Å². The van der Waals surface area contributed by atoms with E-state index in [1.54, 1.807) is 18.0 Å². The van der Waals surface area contributed by atoms with E-state index >= 15 is 0 Å². The van der Waals surface area contributed by atoms with Crippen LogP contribution in [0.25, 0.3) is 10.9 Å². The molecule has 148 valence electrons. The first-order valence-corrected chi connectivity index (χ1v) is 10.9. The molecule has 1 aromatic heterocycles. The number of rotatable bonds is 6. The number of piperidine rings is 1. The molecule has 1 aliphatic rings. The number of pyridine rings is 1. The van der Waals surface area contributed by atoms with Crippen LogP contribution >= 0.6 is 11.8 Å². The van der Waals surface area contributed by atoms with E-state index in [1.165, 1.54) is 0 Å². The molecule has 28 heavy (non-hydrogen) atoms. The Kier molecular flexibility index (Phi) is 6.76. The standard InChI is InChI=1S/C21H27N5OS/c1-3-28-13-18(23)21(27)25-16-9-14(2)11-26(12-16)19-7-6-15(10-22)20-17(19)5-4-8-24-20/h4-8,14,16,18H,3,9,11-13,23H2,1-2H3,(H,25,27)/t14-,16+,18-/m0/s1. The van der Waals surface area contributed by atoms with Gasteiger partial charge in [-0.3, -0.25) is 9.78 Å². The maximum absolute atomic E-state index is 12.4. The van der Waals surface area contributed by atoms with Gasteiger partial charge in [-0.15, -0.1) is 0 Å². The van der Waals surface area contributed by atoms with Crippen LogP contribution in [0.15, 0.2) is 30.5 Å². The molecule has 0 radical (unpaired) electrons. The SMILES string of the molecule is CCSC[C@H](N)C(=O)N[C@@H]1C[C@H](C)CN(c2ccc(C#N)c3ncccc23)C1. The van der Waals surface area contributed by atoms with E-state index in [2.05, 4.69) is 35.1 Å². The lowest BCUT2D eigenvalue weighted by Crippen LogP contribution is -2.54. The van der Waals surface area contributed by atoms with Crippen LogP contribution < -0.4 is 16.0 Å². The second-order valence-corrected chi connectivity index (χ2v) is 8.68. The number of carbonyl (C=O) groups excluding carboxylic acids is 1. The molecule has 6 nitrogen and oxygen atoms in total. The van der Waals surface area contributed by atoms with Gasteiger partial charge in [0, 0.05) is 42.2 Å². The van der Waals surface area contributed by atoms with Crippen molar-refractivity contribution < 1.29 is 4.79 Å². The van der Waals surface area contributed by atoms with Crippen LogP contribution in [-0.2, 0) is 4.79 Å². The van der Waals surface area contributed by atoms with Gasteiger partial charge in [-0.2, -0.15) is 17.0 Å². The molecule has 3 rings (SSSR count). The first-order chi connectivity index (χ1) is 13.5. The number of carbonyl (C=O) groups is 1. The average Bonchev–Trinajstić information content (AvgIpc) is 2.70. The van der Waals surface area contributed by atoms with Crippen LogP contribution in [0, 0.1) is 17.2 Å². The summed E-state index contributed by atoms with van der Waals surface area (Å²) < 4.78 is 0. The second kappa shape index (κ2) is 9.26. The number of hydrogen-bond acceptors (Lipinski definition) is 6. The zero-order chi connectivity index (χ0) is 20.1. The molecule has 1 fully saturated rings. The van der Waals surface area contributed by atoms with E-state index in [0.29, 0.717) is 17.2 Å². The number of anilines is 1. The Bertz CT molecular complexity index is 881. The molecule has 0 aliphatic carbocycles. The number of nitrogens with two attached hydrogens (primary N) is 1. The van der Waals surface area contributed by atoms with Gasteiger partial charge in [0.2, 0.25) is 5.91 Å². The molecule has 0 bridgehead atoms. The molecular formula is C21H27N5OS. The Morgan fingerprint density at radius 2 is 2.29 bits per heavy atom. The maximum atomic E-state index is 12.4. The van der Waals surface area contributed by atoms with Crippen LogP contribution in [-0.4, -0.2) is 47.6 Å². The van der Waals surface area contributed by atoms with Crippen LogP contribution in [0.1, 0.15) is 25.8 Å². The number of nitrogens with one attached hydrogen (secondary N) is 1. The molecular weight excluding hydrogens is 370 g/mol. The number of hydrogen-bond donors (Lipinski definition) is 2. The Morgan fingerprint density at radius 3 is 3.04 bits per heavy atom. The minimum absolute atomic E-state index is 0.0521. The zero-order valence-electron chi connectivity index (χ0n) is 16.4. The number of fused-ring (bicyclic) bond motifs is 1. The number of aromatic nitrogens is 1. The molecule has 3 N–H and O–H groups in total. The van der Waals surface area contributed by atoms with Crippen molar-refractivity contribution in [2.75, 3.05) is 29.5 Å². The first-order valence-electron chi connectivity index (χ1n) is 9.70. The normalized spacial score (nSPS) is 20.6. The topological polar surface area (TPSA) is 95.0 Å². The third-order valence-electron chi connectivity index (χ3n) is 5.05. The van der Waals surface area contributed by atoms with Crippen molar-refractivity contribution in [3.05, 3.63) is 36.0 Å². The summed E-state index contributed by atoms with van der Waals surface area (Å²) in [4.78, 5) is 19.1. The molecule has 1 saturated heterocycles. The van der Waals surface area contributed by atoms with Crippen molar-refractivity contribution in [1.29, 1.82) is 5.26 Å². The van der Waals surface area contributed by atoms with Gasteiger partial charge in [-0.25, -0.2) is 0 Å². The number of amides is 1. The lowest BCUT2D eigenvalue weighted by atomic mass is 9.94. The lowest BCUT2D eigenvalue weighted by Gasteiger charge is -2.39. The molecule has 0 saturated carbocycles. The number of thioether (sulfide) groups is 1. The van der Waals surface area contributed by atoms with Crippen LogP contribution in [0.2, 0.25) is 0 Å². The summed E-state index contributed by atoms with van der Waals surface area (Å²) >= 11 is 1.68. The zero-order valence-corrected chi connectivity index (χ0v) is 17.2. The van der Waals surface area contributed by atoms with E-state index in [9.17, 15) is 10.1 Å². The van der Waals surface area contributed by atoms with Gasteiger partial charge >= 0.3 is 0 Å². The predicted octanol–water partition coefficient (Wildman–Crippen LogP) is 2.52. The largest absolute Gasteiger partial charge is 0.369 e. The number of nitrogens with zero attached hydrogens (tertiary/aromatic N) is 3. The summed E-state index contributed by atoms with van der Waals surface area (Å²) in [5.41, 5.74) is 8.38. The quantitative estimate of drug-likeness (QED) is 0.778. The van der Waals surface area contributed by atoms with Crippen LogP contribution in [0.3, 0.4) is 0 Å². The smallest absolute Gasteiger partial charge is 0.238 e. The molecule has 1 aliphatic heterocycles. The fourth-order valence-corrected chi connectivity index (χ4v) is 4.45. The van der Waals surface area contributed by atoms with Crippen molar-refractivity contribution in [3.63, 3.8) is 0 Å². The van der Waals surface area contributed by atoms with Gasteiger partial charge in [0.05, 0.1) is 17.1 Å². The van der Waals surface area contributed by atoms with Gasteiger partial charge in [0.1, 0.15) is 6.07 Å². The van der Waals surface area contributed by atoms with E-state index in [1.807, 2.05) is 24.3 Å². The lowest BCUT2D eigenvalue weighted by molar-refractivity contribution is -0.122. The second-order valence-electron chi connectivity index (χ2n) is 7.36. The molecule has 0 unspecified atom stereocenters. The minimum Gasteiger partial charge on any atom is -0.369 e. The summed E-state index contributed by atoms with van der Waals surface area (Å²) in [5.74, 6) is 1.95. The Balaban J connectivity index is 1.79. The monoisotopic (exact) mass is 397 g/mol. The number of nitriles is 1. The van der Waals surface area contributed by atoms with Crippen LogP contribution in [0.4, 0.5) is 5.69 Å². The number of benzene rings is 1. The molecule has 1 aromatic carbocycles. The highest BCUT2D eigenvalue weighted by atomic mass is 32.2. The highest BCUT2D eigenvalue weighted by Gasteiger charge is 2.28. The van der Waals surface area contributed by atoms with Crippen LogP contribution in [0.5, 0.6) is 0 Å². The summed E-state index contributed by atoms with van der Waals surface area (Å²) in [6.07, 6.45) is 2.65. The molecule has 2 heterocycles. The summed E-state index contributed by atoms with van der Waals surface area (Å²) in [6.45, 7) is 5.88. The third-order valence-corrected chi connectivity index (χ3v) is 6.06. The summed E-state index contributed by atoms with van der Waals surface area (Å²) in [6, 6.07) is 9.51. The molecule has 3 atom stereocenters. The first kappa shape index (κ1) is 20.4. The van der Waals surface area contributed by atoms with Crippen molar-refractivity contribution in [2.24, 2.45) is 11.7 Å². The average molecular weight is 398 g/mol. The van der Waals surface area contributed by atoms with Gasteiger partial charge in [0.25, 0.3) is 0 Å². The molecule has 2 aromatic rings. The molecule has 7 heteroatoms. The van der Waals surface area contributed by atoms with E-state index in [4.69, 9.17) is 5.73 Å². The highest BCUT2D eigenvalue weighted by Crippen LogP contribution is 2.31. The van der Waals surface area contributed by atoms with Gasteiger partial charge in [-0.1, -0.05) is 13.8 Å². The van der Waals surface area contributed by atoms with E-state index in [0.717, 1.165) is 41.9 Å². The van der Waals surface area contributed by atoms with Crippen molar-refractivity contribution in [1.82, 2.24) is 10.3 Å². The molecule has 1 amide bonds. The Hall–Kier alpha value is -2.30. The molecule has 0 spiro atoms. The van der Waals surface area contributed by atoms with Gasteiger partial charge in [-0.05, 0) is 42.4 Å². The summed E-state index contributed by atoms with van der Waals surface area (Å²) in [5, 5.41) is 13.5. The van der Waals surface area contributed by atoms with Gasteiger partial charge < -0.3 is 16.0 Å². The fourth-order valence-electron chi connectivity index (χ4n) is 3.81. The van der Waals surface area contributed by atoms with Crippen molar-refractivity contribution in [3.8, 4) is 6.07 Å². The van der Waals surface area contributed by atoms with E-state index < -0.39 is 6.04 Å². The Morgan fingerprint density at radius 1 is 1.46 bits per heavy atom.